The van der Waals surface area contributed by atoms with E-state index in [1.165, 1.54) is 5.70 Å². The van der Waals surface area contributed by atoms with Gasteiger partial charge in [-0.05, 0) is 24.4 Å². The molecule has 2 heteroatoms. The monoisotopic (exact) mass is 143 g/mol. The first-order valence-electron chi connectivity index (χ1n) is 3.89. The van der Waals surface area contributed by atoms with Gasteiger partial charge in [0.15, 0.2) is 0 Å². The van der Waals surface area contributed by atoms with Crippen LogP contribution in [-0.2, 0) is 0 Å². The topological polar surface area (TPSA) is 3.24 Å². The van der Waals surface area contributed by atoms with E-state index >= 15 is 0 Å². The molecule has 0 fully saturated rings. The standard InChI is InChI=1S/C9H10BN/c1-10-7-4-6-9-5-2-3-8-11(9)10/h2-8H,1H3. The zero-order valence-corrected chi connectivity index (χ0v) is 6.57. The van der Waals surface area contributed by atoms with Gasteiger partial charge in [0.2, 0.25) is 0 Å². The number of rotatable bonds is 0. The zero-order valence-electron chi connectivity index (χ0n) is 6.57. The summed E-state index contributed by atoms with van der Waals surface area (Å²) >= 11 is 0. The van der Waals surface area contributed by atoms with E-state index in [-0.39, 0.29) is 0 Å². The van der Waals surface area contributed by atoms with Gasteiger partial charge in [-0.25, -0.2) is 0 Å². The van der Waals surface area contributed by atoms with Gasteiger partial charge >= 0.3 is 0 Å². The Morgan fingerprint density at radius 1 is 1.27 bits per heavy atom. The maximum atomic E-state index is 2.25. The highest BCUT2D eigenvalue weighted by Crippen LogP contribution is 2.17. The highest BCUT2D eigenvalue weighted by molar-refractivity contribution is 6.61. The molecule has 2 aliphatic heterocycles. The normalized spacial score (nSPS) is 20.3. The molecule has 0 atom stereocenters. The van der Waals surface area contributed by atoms with Crippen molar-refractivity contribution in [2.45, 2.75) is 6.82 Å². The van der Waals surface area contributed by atoms with Crippen molar-refractivity contribution in [3.8, 4) is 0 Å². The van der Waals surface area contributed by atoms with Gasteiger partial charge in [-0.1, -0.05) is 25.0 Å². The van der Waals surface area contributed by atoms with Gasteiger partial charge in [-0.3, -0.25) is 0 Å². The summed E-state index contributed by atoms with van der Waals surface area (Å²) in [6, 6.07) is 0. The van der Waals surface area contributed by atoms with Gasteiger partial charge in [0, 0.05) is 5.70 Å². The van der Waals surface area contributed by atoms with Crippen molar-refractivity contribution in [2.75, 3.05) is 0 Å². The lowest BCUT2D eigenvalue weighted by Crippen LogP contribution is -2.32. The average Bonchev–Trinajstić information content (AvgIpc) is 2.06. The molecule has 1 nitrogen and oxygen atoms in total. The minimum atomic E-state index is 0.496. The maximum Gasteiger partial charge on any atom is 0.282 e. The predicted molar refractivity (Wildman–Crippen MR) is 49.0 cm³/mol. The lowest BCUT2D eigenvalue weighted by Gasteiger charge is -2.28. The Balaban J connectivity index is 2.35. The zero-order chi connectivity index (χ0) is 7.68. The molecule has 2 rings (SSSR count). The van der Waals surface area contributed by atoms with E-state index < -0.39 is 0 Å². The van der Waals surface area contributed by atoms with E-state index in [0.717, 1.165) is 0 Å². The van der Waals surface area contributed by atoms with E-state index in [4.69, 9.17) is 0 Å². The van der Waals surface area contributed by atoms with E-state index in [1.807, 2.05) is 0 Å². The molecule has 0 N–H and O–H groups in total. The summed E-state index contributed by atoms with van der Waals surface area (Å²) in [5.41, 5.74) is 1.28. The summed E-state index contributed by atoms with van der Waals surface area (Å²) in [6.07, 6.45) is 12.6. The Kier molecular flexibility index (Phi) is 1.46. The Morgan fingerprint density at radius 3 is 3.00 bits per heavy atom. The third kappa shape index (κ3) is 1.05. The molecule has 0 aromatic heterocycles. The fourth-order valence-corrected chi connectivity index (χ4v) is 1.39. The fourth-order valence-electron chi connectivity index (χ4n) is 1.39. The smallest absolute Gasteiger partial charge is 0.282 e. The molecule has 0 radical (unpaired) electrons. The maximum absolute atomic E-state index is 2.25. The van der Waals surface area contributed by atoms with Crippen LogP contribution in [0.25, 0.3) is 0 Å². The highest BCUT2D eigenvalue weighted by Gasteiger charge is 2.17. The summed E-state index contributed by atoms with van der Waals surface area (Å²) in [6.45, 7) is 2.68. The predicted octanol–water partition coefficient (Wildman–Crippen LogP) is 1.99. The van der Waals surface area contributed by atoms with Crippen LogP contribution in [0.5, 0.6) is 0 Å². The molecule has 0 saturated carbocycles. The Bertz CT molecular complexity index is 273. The number of allylic oxidation sites excluding steroid dienone is 5. The largest absolute Gasteiger partial charge is 0.388 e. The number of fused-ring (bicyclic) bond motifs is 1. The van der Waals surface area contributed by atoms with Crippen molar-refractivity contribution < 1.29 is 0 Å². The first-order valence-corrected chi connectivity index (χ1v) is 3.89. The van der Waals surface area contributed by atoms with Crippen LogP contribution in [0.4, 0.5) is 0 Å². The number of hydrogen-bond acceptors (Lipinski definition) is 1. The molecule has 0 amide bonds. The lowest BCUT2D eigenvalue weighted by atomic mass is 9.61. The van der Waals surface area contributed by atoms with E-state index in [9.17, 15) is 0 Å². The quantitative estimate of drug-likeness (QED) is 0.468. The van der Waals surface area contributed by atoms with Crippen molar-refractivity contribution in [1.29, 1.82) is 0 Å². The van der Waals surface area contributed by atoms with Crippen LogP contribution in [0.2, 0.25) is 6.82 Å². The summed E-state index contributed by atoms with van der Waals surface area (Å²) in [5, 5.41) is 0. The molecule has 11 heavy (non-hydrogen) atoms. The molecule has 0 unspecified atom stereocenters. The van der Waals surface area contributed by atoms with Gasteiger partial charge in [-0.2, -0.15) is 0 Å². The highest BCUT2D eigenvalue weighted by atomic mass is 15.1. The van der Waals surface area contributed by atoms with Crippen molar-refractivity contribution in [2.24, 2.45) is 0 Å². The molecule has 54 valence electrons. The van der Waals surface area contributed by atoms with E-state index in [1.54, 1.807) is 0 Å². The molecule has 0 bridgehead atoms. The fraction of sp³-hybridized carbons (Fsp3) is 0.111. The van der Waals surface area contributed by atoms with Crippen LogP contribution in [-0.4, -0.2) is 11.7 Å². The second-order valence-electron chi connectivity index (χ2n) is 2.82. The average molecular weight is 143 g/mol. The van der Waals surface area contributed by atoms with Crippen molar-refractivity contribution in [1.82, 2.24) is 4.81 Å². The molecular weight excluding hydrogens is 133 g/mol. The van der Waals surface area contributed by atoms with Crippen LogP contribution < -0.4 is 0 Å². The molecular formula is C9H10BN. The van der Waals surface area contributed by atoms with Crippen LogP contribution in [0.15, 0.2) is 48.3 Å². The van der Waals surface area contributed by atoms with Crippen LogP contribution >= 0.6 is 0 Å². The summed E-state index contributed by atoms with van der Waals surface area (Å²) < 4.78 is 0. The first-order chi connectivity index (χ1) is 5.38. The number of hydrogen-bond donors (Lipinski definition) is 0. The van der Waals surface area contributed by atoms with Crippen molar-refractivity contribution in [3.05, 3.63) is 48.3 Å². The van der Waals surface area contributed by atoms with E-state index in [0.29, 0.717) is 6.85 Å². The number of nitrogens with zero attached hydrogens (tertiary/aromatic N) is 1. The lowest BCUT2D eigenvalue weighted by molar-refractivity contribution is 0.734. The summed E-state index contributed by atoms with van der Waals surface area (Å²) in [5.74, 6) is 2.19. The van der Waals surface area contributed by atoms with Gasteiger partial charge in [-0.15, -0.1) is 0 Å². The van der Waals surface area contributed by atoms with Crippen LogP contribution in [0.3, 0.4) is 0 Å². The Morgan fingerprint density at radius 2 is 2.18 bits per heavy atom. The third-order valence-electron chi connectivity index (χ3n) is 2.02. The van der Waals surface area contributed by atoms with Gasteiger partial charge in [0.05, 0.1) is 0 Å². The van der Waals surface area contributed by atoms with Gasteiger partial charge < -0.3 is 4.81 Å². The van der Waals surface area contributed by atoms with Crippen molar-refractivity contribution in [3.63, 3.8) is 0 Å². The molecule has 0 spiro atoms. The Hall–Kier alpha value is -1.18. The van der Waals surface area contributed by atoms with Crippen LogP contribution in [0, 0.1) is 0 Å². The summed E-state index contributed by atoms with van der Waals surface area (Å²) in [4.78, 5) is 2.25. The molecule has 0 aliphatic carbocycles. The van der Waals surface area contributed by atoms with Crippen molar-refractivity contribution >= 4 is 6.85 Å². The van der Waals surface area contributed by atoms with Crippen LogP contribution in [0.1, 0.15) is 0 Å². The molecule has 0 saturated heterocycles. The second-order valence-corrected chi connectivity index (χ2v) is 2.82. The van der Waals surface area contributed by atoms with Gasteiger partial charge in [0.25, 0.3) is 6.85 Å². The molecule has 2 heterocycles. The van der Waals surface area contributed by atoms with Gasteiger partial charge in [0.1, 0.15) is 0 Å². The summed E-state index contributed by atoms with van der Waals surface area (Å²) in [7, 11) is 0. The van der Waals surface area contributed by atoms with E-state index in [2.05, 4.69) is 54.2 Å². The minimum Gasteiger partial charge on any atom is -0.388 e. The molecule has 0 aromatic carbocycles. The second kappa shape index (κ2) is 2.46. The minimum absolute atomic E-state index is 0.496. The third-order valence-corrected chi connectivity index (χ3v) is 2.02. The Labute approximate surface area is 67.5 Å². The SMILES string of the molecule is CB1C=CC=C2C=CC=CN12. The first kappa shape index (κ1) is 6.53. The molecule has 0 aromatic rings. The molecule has 2 aliphatic rings.